The van der Waals surface area contributed by atoms with Crippen molar-refractivity contribution in [2.45, 2.75) is 52.2 Å². The average molecular weight is 359 g/mol. The normalized spacial score (nSPS) is 22.7. The summed E-state index contributed by atoms with van der Waals surface area (Å²) in [5.74, 6) is 1.95. The van der Waals surface area contributed by atoms with Crippen LogP contribution in [0.5, 0.6) is 5.75 Å². The number of aryl methyl sites for hydroxylation is 1. The van der Waals surface area contributed by atoms with E-state index in [4.69, 9.17) is 9.73 Å². The Labute approximate surface area is 158 Å². The number of hydrogen-bond donors (Lipinski definition) is 1. The molecule has 0 spiro atoms. The van der Waals surface area contributed by atoms with Gasteiger partial charge in [-0.1, -0.05) is 17.7 Å². The lowest BCUT2D eigenvalue weighted by Crippen LogP contribution is -2.43. The summed E-state index contributed by atoms with van der Waals surface area (Å²) in [7, 11) is 0. The fourth-order valence-electron chi connectivity index (χ4n) is 3.87. The van der Waals surface area contributed by atoms with E-state index in [1.54, 1.807) is 0 Å². The molecule has 2 unspecified atom stereocenters. The van der Waals surface area contributed by atoms with Gasteiger partial charge in [0, 0.05) is 25.7 Å². The summed E-state index contributed by atoms with van der Waals surface area (Å²) in [6, 6.07) is 8.92. The first-order chi connectivity index (χ1) is 12.7. The molecule has 1 N–H and O–H groups in total. The third kappa shape index (κ3) is 5.13. The van der Waals surface area contributed by atoms with Gasteiger partial charge >= 0.3 is 0 Å². The van der Waals surface area contributed by atoms with E-state index in [1.165, 1.54) is 37.9 Å². The lowest BCUT2D eigenvalue weighted by atomic mass is 10.2. The van der Waals surface area contributed by atoms with Crippen molar-refractivity contribution in [1.82, 2.24) is 15.1 Å². The van der Waals surface area contributed by atoms with E-state index in [2.05, 4.69) is 48.0 Å². The fourth-order valence-corrected chi connectivity index (χ4v) is 3.87. The Morgan fingerprint density at radius 1 is 1.23 bits per heavy atom. The SMILES string of the molecule is CCNC(=NCC(C)Oc1ccc(C)cc1)N1CCC(N2CCCC2)C1. The van der Waals surface area contributed by atoms with Crippen LogP contribution >= 0.6 is 0 Å². The lowest BCUT2D eigenvalue weighted by molar-refractivity contribution is 0.229. The van der Waals surface area contributed by atoms with Gasteiger partial charge < -0.3 is 15.0 Å². The largest absolute Gasteiger partial charge is 0.489 e. The summed E-state index contributed by atoms with van der Waals surface area (Å²) < 4.78 is 6.00. The van der Waals surface area contributed by atoms with Crippen molar-refractivity contribution in [3.63, 3.8) is 0 Å². The first-order valence-corrected chi connectivity index (χ1v) is 10.2. The number of nitrogens with zero attached hydrogens (tertiary/aromatic N) is 3. The van der Waals surface area contributed by atoms with Crippen molar-refractivity contribution in [2.24, 2.45) is 4.99 Å². The van der Waals surface area contributed by atoms with Gasteiger partial charge in [0.25, 0.3) is 0 Å². The second-order valence-corrected chi connectivity index (χ2v) is 7.57. The number of nitrogens with one attached hydrogen (secondary N) is 1. The summed E-state index contributed by atoms with van der Waals surface area (Å²) in [5, 5.41) is 3.46. The van der Waals surface area contributed by atoms with E-state index < -0.39 is 0 Å². The van der Waals surface area contributed by atoms with E-state index in [9.17, 15) is 0 Å². The molecule has 2 aliphatic rings. The van der Waals surface area contributed by atoms with Crippen LogP contribution in [0.25, 0.3) is 0 Å². The summed E-state index contributed by atoms with van der Waals surface area (Å²) in [6.07, 6.45) is 4.03. The minimum Gasteiger partial charge on any atom is -0.489 e. The molecule has 2 saturated heterocycles. The van der Waals surface area contributed by atoms with Gasteiger partial charge in [0.2, 0.25) is 0 Å². The number of likely N-dealkylation sites (tertiary alicyclic amines) is 2. The minimum atomic E-state index is 0.0587. The zero-order chi connectivity index (χ0) is 18.4. The quantitative estimate of drug-likeness (QED) is 0.627. The number of aliphatic imine (C=N–C) groups is 1. The summed E-state index contributed by atoms with van der Waals surface area (Å²) in [4.78, 5) is 9.94. The van der Waals surface area contributed by atoms with Gasteiger partial charge in [-0.25, -0.2) is 4.99 Å². The highest BCUT2D eigenvalue weighted by atomic mass is 16.5. The van der Waals surface area contributed by atoms with Crippen LogP contribution in [0, 0.1) is 6.92 Å². The van der Waals surface area contributed by atoms with Crippen molar-refractivity contribution in [3.8, 4) is 5.75 Å². The molecular weight excluding hydrogens is 324 g/mol. The van der Waals surface area contributed by atoms with Crippen molar-refractivity contribution >= 4 is 5.96 Å². The van der Waals surface area contributed by atoms with Crippen LogP contribution in [-0.2, 0) is 0 Å². The molecule has 2 heterocycles. The summed E-state index contributed by atoms with van der Waals surface area (Å²) in [5.41, 5.74) is 1.25. The second-order valence-electron chi connectivity index (χ2n) is 7.57. The molecule has 5 heteroatoms. The van der Waals surface area contributed by atoms with Crippen LogP contribution in [0.1, 0.15) is 38.7 Å². The topological polar surface area (TPSA) is 40.1 Å². The van der Waals surface area contributed by atoms with Crippen LogP contribution in [0.2, 0.25) is 0 Å². The van der Waals surface area contributed by atoms with Gasteiger partial charge in [0.05, 0.1) is 6.54 Å². The number of benzene rings is 1. The Bertz CT molecular complexity index is 580. The van der Waals surface area contributed by atoms with Crippen LogP contribution in [0.3, 0.4) is 0 Å². The molecule has 1 aromatic rings. The van der Waals surface area contributed by atoms with Gasteiger partial charge in [-0.2, -0.15) is 0 Å². The molecule has 2 atom stereocenters. The molecule has 0 bridgehead atoms. The molecule has 0 aromatic heterocycles. The molecule has 0 aliphatic carbocycles. The van der Waals surface area contributed by atoms with Crippen molar-refractivity contribution in [3.05, 3.63) is 29.8 Å². The van der Waals surface area contributed by atoms with E-state index in [0.717, 1.165) is 31.3 Å². The molecule has 0 amide bonds. The Morgan fingerprint density at radius 3 is 2.65 bits per heavy atom. The first-order valence-electron chi connectivity index (χ1n) is 10.2. The van der Waals surface area contributed by atoms with Crippen LogP contribution < -0.4 is 10.1 Å². The Kier molecular flexibility index (Phi) is 6.78. The molecule has 5 nitrogen and oxygen atoms in total. The lowest BCUT2D eigenvalue weighted by Gasteiger charge is -2.25. The molecule has 1 aromatic carbocycles. The standard InChI is InChI=1S/C21H34N4O/c1-4-22-21(25-14-11-19(16-25)24-12-5-6-13-24)23-15-18(3)26-20-9-7-17(2)8-10-20/h7-10,18-19H,4-6,11-16H2,1-3H3,(H,22,23). The third-order valence-corrected chi connectivity index (χ3v) is 5.31. The van der Waals surface area contributed by atoms with Gasteiger partial charge in [-0.05, 0) is 65.3 Å². The Hall–Kier alpha value is -1.75. The predicted molar refractivity (Wildman–Crippen MR) is 108 cm³/mol. The maximum Gasteiger partial charge on any atom is 0.194 e. The molecule has 26 heavy (non-hydrogen) atoms. The summed E-state index contributed by atoms with van der Waals surface area (Å²) in [6.45, 7) is 12.6. The van der Waals surface area contributed by atoms with Gasteiger partial charge in [0.1, 0.15) is 11.9 Å². The number of ether oxygens (including phenoxy) is 1. The molecule has 144 valence electrons. The van der Waals surface area contributed by atoms with E-state index in [1.807, 2.05) is 12.1 Å². The van der Waals surface area contributed by atoms with Crippen LogP contribution in [0.15, 0.2) is 29.3 Å². The van der Waals surface area contributed by atoms with Crippen LogP contribution in [0.4, 0.5) is 0 Å². The highest BCUT2D eigenvalue weighted by Crippen LogP contribution is 2.20. The number of rotatable bonds is 6. The van der Waals surface area contributed by atoms with Crippen LogP contribution in [-0.4, -0.2) is 67.2 Å². The van der Waals surface area contributed by atoms with Gasteiger partial charge in [0.15, 0.2) is 5.96 Å². The fraction of sp³-hybridized carbons (Fsp3) is 0.667. The van der Waals surface area contributed by atoms with Gasteiger partial charge in [-0.15, -0.1) is 0 Å². The van der Waals surface area contributed by atoms with Gasteiger partial charge in [-0.3, -0.25) is 4.90 Å². The number of guanidine groups is 1. The molecular formula is C21H34N4O. The molecule has 2 fully saturated rings. The maximum atomic E-state index is 6.00. The Morgan fingerprint density at radius 2 is 1.96 bits per heavy atom. The average Bonchev–Trinajstić information content (AvgIpc) is 3.32. The molecule has 0 radical (unpaired) electrons. The predicted octanol–water partition coefficient (Wildman–Crippen LogP) is 2.90. The monoisotopic (exact) mass is 358 g/mol. The highest BCUT2D eigenvalue weighted by molar-refractivity contribution is 5.80. The minimum absolute atomic E-state index is 0.0587. The van der Waals surface area contributed by atoms with E-state index >= 15 is 0 Å². The van der Waals surface area contributed by atoms with Crippen molar-refractivity contribution in [2.75, 3.05) is 39.3 Å². The van der Waals surface area contributed by atoms with E-state index in [-0.39, 0.29) is 6.10 Å². The zero-order valence-corrected chi connectivity index (χ0v) is 16.6. The van der Waals surface area contributed by atoms with Crippen molar-refractivity contribution in [1.29, 1.82) is 0 Å². The summed E-state index contributed by atoms with van der Waals surface area (Å²) >= 11 is 0. The zero-order valence-electron chi connectivity index (χ0n) is 16.6. The second kappa shape index (κ2) is 9.26. The Balaban J connectivity index is 1.53. The molecule has 0 saturated carbocycles. The van der Waals surface area contributed by atoms with E-state index in [0.29, 0.717) is 12.6 Å². The maximum absolute atomic E-state index is 6.00. The molecule has 3 rings (SSSR count). The first kappa shape index (κ1) is 19.0. The third-order valence-electron chi connectivity index (χ3n) is 5.31. The molecule has 2 aliphatic heterocycles. The van der Waals surface area contributed by atoms with Crippen molar-refractivity contribution < 1.29 is 4.74 Å². The smallest absolute Gasteiger partial charge is 0.194 e. The number of hydrogen-bond acceptors (Lipinski definition) is 3. The highest BCUT2D eigenvalue weighted by Gasteiger charge is 2.30.